The van der Waals surface area contributed by atoms with Crippen molar-refractivity contribution in [2.24, 2.45) is 0 Å². The van der Waals surface area contributed by atoms with Crippen LogP contribution in [0, 0.1) is 0 Å². The van der Waals surface area contributed by atoms with Crippen molar-refractivity contribution in [3.05, 3.63) is 18.0 Å². The average Bonchev–Trinajstić information content (AvgIpc) is 2.77. The fraction of sp³-hybridized carbons (Fsp3) is 0.500. The number of rotatable bonds is 2. The molecule has 1 aliphatic rings. The molecule has 2 aromatic heterocycles. The van der Waals surface area contributed by atoms with Gasteiger partial charge in [-0.25, -0.2) is 0 Å². The maximum absolute atomic E-state index is 5.74. The van der Waals surface area contributed by atoms with Crippen LogP contribution in [0.3, 0.4) is 0 Å². The second kappa shape index (κ2) is 3.36. The quantitative estimate of drug-likeness (QED) is 0.758. The van der Waals surface area contributed by atoms with Crippen LogP contribution >= 0.6 is 0 Å². The summed E-state index contributed by atoms with van der Waals surface area (Å²) in [6, 6.07) is 2.00. The zero-order chi connectivity index (χ0) is 10.3. The summed E-state index contributed by atoms with van der Waals surface area (Å²) in [6.07, 6.45) is 2.02. The highest BCUT2D eigenvalue weighted by molar-refractivity contribution is 5.78. The first-order valence-corrected chi connectivity index (χ1v) is 5.20. The Kier molecular flexibility index (Phi) is 2.00. The SMILES string of the molecule is CNC[C@H]1OCCn2nc3cc[nH]c3c21. The van der Waals surface area contributed by atoms with Gasteiger partial charge in [-0.05, 0) is 13.1 Å². The number of nitrogens with zero attached hydrogens (tertiary/aromatic N) is 2. The first kappa shape index (κ1) is 8.94. The van der Waals surface area contributed by atoms with Crippen LogP contribution in [-0.2, 0) is 11.3 Å². The molecular formula is C10H14N4O. The number of H-pyrrole nitrogens is 1. The van der Waals surface area contributed by atoms with Gasteiger partial charge in [0.05, 0.1) is 24.4 Å². The number of hydrogen-bond acceptors (Lipinski definition) is 3. The molecule has 0 amide bonds. The molecule has 0 fully saturated rings. The zero-order valence-electron chi connectivity index (χ0n) is 8.66. The fourth-order valence-corrected chi connectivity index (χ4v) is 2.16. The van der Waals surface area contributed by atoms with E-state index < -0.39 is 0 Å². The molecule has 1 atom stereocenters. The molecule has 0 bridgehead atoms. The summed E-state index contributed by atoms with van der Waals surface area (Å²) in [5.41, 5.74) is 3.29. The maximum atomic E-state index is 5.74. The van der Waals surface area contributed by atoms with Gasteiger partial charge in [-0.15, -0.1) is 0 Å². The van der Waals surface area contributed by atoms with Crippen molar-refractivity contribution in [2.75, 3.05) is 20.2 Å². The van der Waals surface area contributed by atoms with E-state index in [-0.39, 0.29) is 6.10 Å². The van der Waals surface area contributed by atoms with E-state index >= 15 is 0 Å². The lowest BCUT2D eigenvalue weighted by Gasteiger charge is -2.24. The first-order valence-electron chi connectivity index (χ1n) is 5.20. The van der Waals surface area contributed by atoms with E-state index in [0.717, 1.165) is 36.4 Å². The van der Waals surface area contributed by atoms with E-state index in [1.807, 2.05) is 24.0 Å². The molecule has 3 rings (SSSR count). The number of aromatic amines is 1. The van der Waals surface area contributed by atoms with Crippen molar-refractivity contribution in [3.8, 4) is 0 Å². The predicted molar refractivity (Wildman–Crippen MR) is 56.7 cm³/mol. The van der Waals surface area contributed by atoms with Crippen LogP contribution in [0.5, 0.6) is 0 Å². The zero-order valence-corrected chi connectivity index (χ0v) is 8.66. The van der Waals surface area contributed by atoms with Crippen molar-refractivity contribution in [2.45, 2.75) is 12.6 Å². The lowest BCUT2D eigenvalue weighted by molar-refractivity contribution is 0.0193. The van der Waals surface area contributed by atoms with Gasteiger partial charge in [0.15, 0.2) is 0 Å². The normalized spacial score (nSPS) is 20.7. The fourth-order valence-electron chi connectivity index (χ4n) is 2.16. The lowest BCUT2D eigenvalue weighted by atomic mass is 10.2. The Balaban J connectivity index is 2.13. The third-order valence-corrected chi connectivity index (χ3v) is 2.80. The Morgan fingerprint density at radius 3 is 3.53 bits per heavy atom. The molecule has 0 aliphatic carbocycles. The predicted octanol–water partition coefficient (Wildman–Crippen LogP) is 0.655. The third-order valence-electron chi connectivity index (χ3n) is 2.80. The summed E-state index contributed by atoms with van der Waals surface area (Å²) in [5, 5.41) is 7.67. The van der Waals surface area contributed by atoms with Gasteiger partial charge >= 0.3 is 0 Å². The van der Waals surface area contributed by atoms with Crippen LogP contribution in [0.1, 0.15) is 11.8 Å². The van der Waals surface area contributed by atoms with E-state index in [1.54, 1.807) is 0 Å². The van der Waals surface area contributed by atoms with Crippen LogP contribution in [0.25, 0.3) is 11.0 Å². The van der Waals surface area contributed by atoms with Crippen LogP contribution in [0.15, 0.2) is 12.3 Å². The maximum Gasteiger partial charge on any atom is 0.114 e. The molecule has 0 unspecified atom stereocenters. The topological polar surface area (TPSA) is 54.9 Å². The highest BCUT2D eigenvalue weighted by Gasteiger charge is 2.25. The molecule has 2 aromatic rings. The van der Waals surface area contributed by atoms with Crippen molar-refractivity contribution >= 4 is 11.0 Å². The third kappa shape index (κ3) is 1.27. The van der Waals surface area contributed by atoms with E-state index in [2.05, 4.69) is 15.4 Å². The largest absolute Gasteiger partial charge is 0.369 e. The Hall–Kier alpha value is -1.33. The molecular weight excluding hydrogens is 192 g/mol. The van der Waals surface area contributed by atoms with Crippen molar-refractivity contribution in [1.82, 2.24) is 20.1 Å². The van der Waals surface area contributed by atoms with Gasteiger partial charge in [-0.3, -0.25) is 4.68 Å². The van der Waals surface area contributed by atoms with Gasteiger partial charge < -0.3 is 15.0 Å². The van der Waals surface area contributed by atoms with Crippen LogP contribution in [0.4, 0.5) is 0 Å². The van der Waals surface area contributed by atoms with Gasteiger partial charge in [-0.2, -0.15) is 5.10 Å². The number of fused-ring (bicyclic) bond motifs is 3. The summed E-state index contributed by atoms with van der Waals surface area (Å²) in [5.74, 6) is 0. The Labute approximate surface area is 87.4 Å². The molecule has 1 aliphatic heterocycles. The molecule has 5 nitrogen and oxygen atoms in total. The lowest BCUT2D eigenvalue weighted by Crippen LogP contribution is -2.28. The Morgan fingerprint density at radius 1 is 1.73 bits per heavy atom. The van der Waals surface area contributed by atoms with E-state index in [0.29, 0.717) is 0 Å². The van der Waals surface area contributed by atoms with Crippen molar-refractivity contribution in [3.63, 3.8) is 0 Å². The molecule has 2 N–H and O–H groups in total. The number of nitrogens with one attached hydrogen (secondary N) is 2. The number of ether oxygens (including phenoxy) is 1. The first-order chi connectivity index (χ1) is 7.40. The monoisotopic (exact) mass is 206 g/mol. The Morgan fingerprint density at radius 2 is 2.67 bits per heavy atom. The highest BCUT2D eigenvalue weighted by Crippen LogP contribution is 2.28. The van der Waals surface area contributed by atoms with Crippen molar-refractivity contribution in [1.29, 1.82) is 0 Å². The van der Waals surface area contributed by atoms with E-state index in [1.165, 1.54) is 0 Å². The van der Waals surface area contributed by atoms with Gasteiger partial charge in [-0.1, -0.05) is 0 Å². The average molecular weight is 206 g/mol. The van der Waals surface area contributed by atoms with E-state index in [4.69, 9.17) is 4.74 Å². The number of hydrogen-bond donors (Lipinski definition) is 2. The molecule has 0 aromatic carbocycles. The number of aromatic nitrogens is 3. The molecule has 3 heterocycles. The minimum Gasteiger partial charge on any atom is -0.369 e. The molecule has 0 spiro atoms. The summed E-state index contributed by atoms with van der Waals surface area (Å²) >= 11 is 0. The molecule has 0 radical (unpaired) electrons. The molecule has 80 valence electrons. The van der Waals surface area contributed by atoms with Gasteiger partial charge in [0.1, 0.15) is 11.6 Å². The second-order valence-electron chi connectivity index (χ2n) is 3.76. The Bertz CT molecular complexity index is 473. The summed E-state index contributed by atoms with van der Waals surface area (Å²) in [6.45, 7) is 2.40. The van der Waals surface area contributed by atoms with Crippen molar-refractivity contribution < 1.29 is 4.74 Å². The smallest absolute Gasteiger partial charge is 0.114 e. The minimum atomic E-state index is 0.104. The van der Waals surface area contributed by atoms with Gasteiger partial charge in [0, 0.05) is 12.7 Å². The van der Waals surface area contributed by atoms with Crippen LogP contribution in [0.2, 0.25) is 0 Å². The summed E-state index contributed by atoms with van der Waals surface area (Å²) < 4.78 is 7.79. The summed E-state index contributed by atoms with van der Waals surface area (Å²) in [4.78, 5) is 3.22. The van der Waals surface area contributed by atoms with Crippen LogP contribution < -0.4 is 5.32 Å². The van der Waals surface area contributed by atoms with Crippen LogP contribution in [-0.4, -0.2) is 35.0 Å². The highest BCUT2D eigenvalue weighted by atomic mass is 16.5. The molecule has 0 saturated carbocycles. The second-order valence-corrected chi connectivity index (χ2v) is 3.76. The van der Waals surface area contributed by atoms with E-state index in [9.17, 15) is 0 Å². The summed E-state index contributed by atoms with van der Waals surface area (Å²) in [7, 11) is 1.94. The molecule has 5 heteroatoms. The van der Waals surface area contributed by atoms with Gasteiger partial charge in [0.2, 0.25) is 0 Å². The standard InChI is InChI=1S/C10H14N4O/c1-11-6-8-10-9-7(2-3-12-9)13-14(10)4-5-15-8/h2-3,8,11-12H,4-6H2,1H3/t8-/m1/s1. The number of likely N-dealkylation sites (N-methyl/N-ethyl adjacent to an activating group) is 1. The van der Waals surface area contributed by atoms with Gasteiger partial charge in [0.25, 0.3) is 0 Å². The molecule has 15 heavy (non-hydrogen) atoms. The molecule has 0 saturated heterocycles. The minimum absolute atomic E-state index is 0.104.